The molecule has 3 aromatic carbocycles. The smallest absolute Gasteiger partial charge is 0.135 e. The highest BCUT2D eigenvalue weighted by molar-refractivity contribution is 5.83. The van der Waals surface area contributed by atoms with Gasteiger partial charge in [0.25, 0.3) is 0 Å². The van der Waals surface area contributed by atoms with Crippen LogP contribution in [0.2, 0.25) is 0 Å². The van der Waals surface area contributed by atoms with Crippen molar-refractivity contribution in [3.8, 4) is 22.5 Å². The average Bonchev–Trinajstić information content (AvgIpc) is 2.99. The number of aryl methyl sites for hydroxylation is 1. The van der Waals surface area contributed by atoms with E-state index in [-0.39, 0.29) is 0 Å². The number of fused-ring (bicyclic) bond motifs is 1. The second-order valence-electron chi connectivity index (χ2n) is 5.60. The van der Waals surface area contributed by atoms with Gasteiger partial charge in [0.1, 0.15) is 11.3 Å². The van der Waals surface area contributed by atoms with Crippen LogP contribution in [0.3, 0.4) is 0 Å². The minimum atomic E-state index is 0.917. The van der Waals surface area contributed by atoms with E-state index < -0.39 is 0 Å². The maximum atomic E-state index is 5.98. The summed E-state index contributed by atoms with van der Waals surface area (Å²) in [7, 11) is 0. The van der Waals surface area contributed by atoms with Crippen LogP contribution in [0.1, 0.15) is 5.56 Å². The van der Waals surface area contributed by atoms with Crippen LogP contribution >= 0.6 is 0 Å². The van der Waals surface area contributed by atoms with Gasteiger partial charge in [-0.3, -0.25) is 0 Å². The molecule has 0 N–H and O–H groups in total. The zero-order chi connectivity index (χ0) is 14.9. The zero-order valence-electron chi connectivity index (χ0n) is 12.4. The normalized spacial score (nSPS) is 11.0. The van der Waals surface area contributed by atoms with E-state index in [0.717, 1.165) is 22.3 Å². The molecule has 0 aliphatic heterocycles. The fourth-order valence-corrected chi connectivity index (χ4v) is 2.74. The number of hydrogen-bond acceptors (Lipinski definition) is 1. The van der Waals surface area contributed by atoms with Crippen molar-refractivity contribution in [3.63, 3.8) is 0 Å². The quantitative estimate of drug-likeness (QED) is 0.435. The molecule has 1 heterocycles. The lowest BCUT2D eigenvalue weighted by molar-refractivity contribution is 0.631. The Bertz CT molecular complexity index is 915. The Hall–Kier alpha value is -2.80. The zero-order valence-corrected chi connectivity index (χ0v) is 12.4. The van der Waals surface area contributed by atoms with Crippen LogP contribution in [-0.4, -0.2) is 0 Å². The van der Waals surface area contributed by atoms with Gasteiger partial charge >= 0.3 is 0 Å². The molecule has 0 fully saturated rings. The van der Waals surface area contributed by atoms with Gasteiger partial charge in [0.2, 0.25) is 0 Å². The van der Waals surface area contributed by atoms with Crippen LogP contribution in [0.5, 0.6) is 0 Å². The van der Waals surface area contributed by atoms with E-state index in [9.17, 15) is 0 Å². The van der Waals surface area contributed by atoms with E-state index in [2.05, 4.69) is 79.7 Å². The molecule has 1 aromatic heterocycles. The topological polar surface area (TPSA) is 13.1 Å². The van der Waals surface area contributed by atoms with Crippen molar-refractivity contribution in [3.05, 3.63) is 84.4 Å². The summed E-state index contributed by atoms with van der Waals surface area (Å²) < 4.78 is 5.98. The van der Waals surface area contributed by atoms with Gasteiger partial charge in [0, 0.05) is 10.9 Å². The summed E-state index contributed by atoms with van der Waals surface area (Å²) in [5.74, 6) is 0.917. The summed E-state index contributed by atoms with van der Waals surface area (Å²) in [6.45, 7) is 2.08. The fraction of sp³-hybridized carbons (Fsp3) is 0.0476. The number of rotatable bonds is 2. The monoisotopic (exact) mass is 284 g/mol. The summed E-state index contributed by atoms with van der Waals surface area (Å²) in [6.07, 6.45) is 0. The number of hydrogen-bond donors (Lipinski definition) is 0. The minimum Gasteiger partial charge on any atom is -0.456 e. The molecular weight excluding hydrogens is 268 g/mol. The van der Waals surface area contributed by atoms with Crippen LogP contribution in [0, 0.1) is 6.92 Å². The predicted molar refractivity (Wildman–Crippen MR) is 91.8 cm³/mol. The molecule has 0 aliphatic rings. The Morgan fingerprint density at radius 3 is 2.09 bits per heavy atom. The van der Waals surface area contributed by atoms with Crippen LogP contribution < -0.4 is 0 Å². The predicted octanol–water partition coefficient (Wildman–Crippen LogP) is 6.08. The molecule has 0 saturated heterocycles. The van der Waals surface area contributed by atoms with Gasteiger partial charge in [0.05, 0.1) is 0 Å². The van der Waals surface area contributed by atoms with Gasteiger partial charge in [-0.2, -0.15) is 0 Å². The Morgan fingerprint density at radius 1 is 0.636 bits per heavy atom. The SMILES string of the molecule is Cc1ccc2cc(-c3ccc(-c4ccccc4)cc3)oc2c1. The summed E-state index contributed by atoms with van der Waals surface area (Å²) in [4.78, 5) is 0. The van der Waals surface area contributed by atoms with E-state index >= 15 is 0 Å². The summed E-state index contributed by atoms with van der Waals surface area (Å²) in [5.41, 5.74) is 5.72. The molecule has 4 rings (SSSR count). The summed E-state index contributed by atoms with van der Waals surface area (Å²) in [6, 6.07) is 27.3. The number of furan rings is 1. The highest BCUT2D eigenvalue weighted by atomic mass is 16.3. The first-order chi connectivity index (χ1) is 10.8. The average molecular weight is 284 g/mol. The summed E-state index contributed by atoms with van der Waals surface area (Å²) in [5, 5.41) is 1.15. The van der Waals surface area contributed by atoms with E-state index in [4.69, 9.17) is 4.42 Å². The molecule has 0 saturated carbocycles. The van der Waals surface area contributed by atoms with Crippen molar-refractivity contribution in [1.29, 1.82) is 0 Å². The first kappa shape index (κ1) is 12.9. The van der Waals surface area contributed by atoms with Crippen molar-refractivity contribution in [2.75, 3.05) is 0 Å². The van der Waals surface area contributed by atoms with Gasteiger partial charge in [-0.25, -0.2) is 0 Å². The lowest BCUT2D eigenvalue weighted by Crippen LogP contribution is -1.78. The maximum Gasteiger partial charge on any atom is 0.135 e. The van der Waals surface area contributed by atoms with Crippen LogP contribution in [-0.2, 0) is 0 Å². The van der Waals surface area contributed by atoms with Gasteiger partial charge in [-0.15, -0.1) is 0 Å². The molecule has 0 radical (unpaired) electrons. The van der Waals surface area contributed by atoms with E-state index in [1.165, 1.54) is 16.7 Å². The molecule has 0 unspecified atom stereocenters. The molecule has 22 heavy (non-hydrogen) atoms. The first-order valence-corrected chi connectivity index (χ1v) is 7.46. The molecule has 1 heteroatoms. The third kappa shape index (κ3) is 2.31. The maximum absolute atomic E-state index is 5.98. The third-order valence-corrected chi connectivity index (χ3v) is 3.95. The van der Waals surface area contributed by atoms with E-state index in [1.807, 2.05) is 6.07 Å². The first-order valence-electron chi connectivity index (χ1n) is 7.46. The van der Waals surface area contributed by atoms with Gasteiger partial charge in [-0.1, -0.05) is 66.7 Å². The second kappa shape index (κ2) is 5.19. The van der Waals surface area contributed by atoms with E-state index in [0.29, 0.717) is 0 Å². The van der Waals surface area contributed by atoms with Gasteiger partial charge < -0.3 is 4.42 Å². The molecule has 4 aromatic rings. The largest absolute Gasteiger partial charge is 0.456 e. The molecule has 0 bridgehead atoms. The summed E-state index contributed by atoms with van der Waals surface area (Å²) >= 11 is 0. The van der Waals surface area contributed by atoms with Crippen molar-refractivity contribution in [1.82, 2.24) is 0 Å². The van der Waals surface area contributed by atoms with Crippen LogP contribution in [0.15, 0.2) is 83.3 Å². The Balaban J connectivity index is 1.73. The second-order valence-corrected chi connectivity index (χ2v) is 5.60. The van der Waals surface area contributed by atoms with Crippen LogP contribution in [0.4, 0.5) is 0 Å². The third-order valence-electron chi connectivity index (χ3n) is 3.95. The molecular formula is C21H16O. The highest BCUT2D eigenvalue weighted by Gasteiger charge is 2.06. The molecule has 0 aliphatic carbocycles. The lowest BCUT2D eigenvalue weighted by Gasteiger charge is -2.02. The van der Waals surface area contributed by atoms with Crippen LogP contribution in [0.25, 0.3) is 33.4 Å². The van der Waals surface area contributed by atoms with Crippen molar-refractivity contribution < 1.29 is 4.42 Å². The fourth-order valence-electron chi connectivity index (χ4n) is 2.74. The van der Waals surface area contributed by atoms with Crippen molar-refractivity contribution in [2.24, 2.45) is 0 Å². The highest BCUT2D eigenvalue weighted by Crippen LogP contribution is 2.30. The molecule has 0 amide bonds. The van der Waals surface area contributed by atoms with Gasteiger partial charge in [0.15, 0.2) is 0 Å². The lowest BCUT2D eigenvalue weighted by atomic mass is 10.0. The molecule has 106 valence electrons. The Kier molecular flexibility index (Phi) is 3.05. The van der Waals surface area contributed by atoms with Crippen molar-refractivity contribution in [2.45, 2.75) is 6.92 Å². The Morgan fingerprint density at radius 2 is 1.32 bits per heavy atom. The number of benzene rings is 3. The molecule has 1 nitrogen and oxygen atoms in total. The van der Waals surface area contributed by atoms with Gasteiger partial charge in [-0.05, 0) is 35.7 Å². The molecule has 0 spiro atoms. The van der Waals surface area contributed by atoms with Crippen molar-refractivity contribution >= 4 is 11.0 Å². The van der Waals surface area contributed by atoms with E-state index in [1.54, 1.807) is 0 Å². The Labute approximate surface area is 129 Å². The minimum absolute atomic E-state index is 0.917. The molecule has 0 atom stereocenters. The standard InChI is InChI=1S/C21H16O/c1-15-7-8-19-14-21(22-20(19)13-15)18-11-9-17(10-12-18)16-5-3-2-4-6-16/h2-14H,1H3.